The molecule has 0 aliphatic carbocycles. The van der Waals surface area contributed by atoms with Gasteiger partial charge in [-0.05, 0) is 56.9 Å². The van der Waals surface area contributed by atoms with Crippen LogP contribution in [0.5, 0.6) is 11.5 Å². The Morgan fingerprint density at radius 3 is 2.75 bits per heavy atom. The second kappa shape index (κ2) is 8.36. The molecule has 5 nitrogen and oxygen atoms in total. The van der Waals surface area contributed by atoms with Gasteiger partial charge in [0.2, 0.25) is 0 Å². The van der Waals surface area contributed by atoms with Crippen molar-refractivity contribution in [3.05, 3.63) is 23.8 Å². The zero-order valence-electron chi connectivity index (χ0n) is 14.5. The van der Waals surface area contributed by atoms with Gasteiger partial charge in [0, 0.05) is 25.7 Å². The smallest absolute Gasteiger partial charge is 0.162 e. The quantitative estimate of drug-likeness (QED) is 0.768. The average Bonchev–Trinajstić information content (AvgIpc) is 3.27. The average molecular weight is 329 g/mol. The fraction of sp³-hybridized carbons (Fsp3) is 0.632. The van der Waals surface area contributed by atoms with E-state index in [-0.39, 0.29) is 0 Å². The molecule has 1 aromatic carbocycles. The Hall–Kier alpha value is -1.77. The van der Waals surface area contributed by atoms with E-state index in [0.717, 1.165) is 12.5 Å². The summed E-state index contributed by atoms with van der Waals surface area (Å²) in [6.45, 7) is 7.80. The van der Waals surface area contributed by atoms with Crippen LogP contribution in [0, 0.1) is 17.2 Å². The third-order valence-corrected chi connectivity index (χ3v) is 5.04. The van der Waals surface area contributed by atoms with Crippen LogP contribution in [0.1, 0.15) is 24.8 Å². The summed E-state index contributed by atoms with van der Waals surface area (Å²) >= 11 is 0. The van der Waals surface area contributed by atoms with E-state index in [9.17, 15) is 0 Å². The van der Waals surface area contributed by atoms with Crippen LogP contribution in [0.2, 0.25) is 0 Å². The maximum atomic E-state index is 8.94. The molecule has 2 aliphatic rings. The predicted octanol–water partition coefficient (Wildman–Crippen LogP) is 2.36. The molecule has 0 spiro atoms. The summed E-state index contributed by atoms with van der Waals surface area (Å²) in [4.78, 5) is 5.11. The van der Waals surface area contributed by atoms with Crippen molar-refractivity contribution in [2.45, 2.75) is 19.3 Å². The predicted molar refractivity (Wildman–Crippen MR) is 93.4 cm³/mol. The van der Waals surface area contributed by atoms with Gasteiger partial charge in [-0.1, -0.05) is 0 Å². The number of hydrogen-bond donors (Lipinski definition) is 0. The van der Waals surface area contributed by atoms with Gasteiger partial charge in [0.15, 0.2) is 11.5 Å². The number of methoxy groups -OCH3 is 1. The maximum absolute atomic E-state index is 8.94. The summed E-state index contributed by atoms with van der Waals surface area (Å²) in [7, 11) is 1.60. The maximum Gasteiger partial charge on any atom is 0.162 e. The lowest BCUT2D eigenvalue weighted by molar-refractivity contribution is 0.217. The minimum absolute atomic E-state index is 0.587. The van der Waals surface area contributed by atoms with Crippen LogP contribution in [0.15, 0.2) is 18.2 Å². The fourth-order valence-electron chi connectivity index (χ4n) is 3.74. The standard InChI is InChI=1S/C19H27N3O2/c1-23-19-12-16(13-20)4-5-18(19)24-11-10-22-9-6-17(15-22)14-21-7-2-3-8-21/h4-5,12,17H,2-3,6-11,14-15H2,1H3. The first-order valence-corrected chi connectivity index (χ1v) is 8.94. The zero-order chi connectivity index (χ0) is 16.8. The van der Waals surface area contributed by atoms with Crippen LogP contribution in [0.25, 0.3) is 0 Å². The lowest BCUT2D eigenvalue weighted by atomic mass is 10.1. The van der Waals surface area contributed by atoms with Crippen molar-refractivity contribution in [3.63, 3.8) is 0 Å². The number of nitriles is 1. The van der Waals surface area contributed by atoms with Gasteiger partial charge in [0.1, 0.15) is 6.61 Å². The number of benzene rings is 1. The summed E-state index contributed by atoms with van der Waals surface area (Å²) in [5.74, 6) is 2.15. The van der Waals surface area contributed by atoms with Gasteiger partial charge < -0.3 is 14.4 Å². The molecule has 0 amide bonds. The van der Waals surface area contributed by atoms with Gasteiger partial charge in [-0.25, -0.2) is 0 Å². The molecule has 2 saturated heterocycles. The molecule has 1 aromatic rings. The molecule has 1 unspecified atom stereocenters. The first-order chi connectivity index (χ1) is 11.8. The topological polar surface area (TPSA) is 48.7 Å². The Balaban J connectivity index is 1.41. The Morgan fingerprint density at radius 2 is 2.00 bits per heavy atom. The molecular weight excluding hydrogens is 302 g/mol. The molecule has 1 atom stereocenters. The number of likely N-dealkylation sites (tertiary alicyclic amines) is 2. The minimum atomic E-state index is 0.587. The van der Waals surface area contributed by atoms with Crippen molar-refractivity contribution in [2.75, 3.05) is 53.0 Å². The van der Waals surface area contributed by atoms with E-state index in [1.54, 1.807) is 19.2 Å². The lowest BCUT2D eigenvalue weighted by Crippen LogP contribution is -2.30. The molecule has 24 heavy (non-hydrogen) atoms. The highest BCUT2D eigenvalue weighted by molar-refractivity contribution is 5.46. The highest BCUT2D eigenvalue weighted by Gasteiger charge is 2.25. The summed E-state index contributed by atoms with van der Waals surface area (Å²) < 4.78 is 11.2. The Kier molecular flexibility index (Phi) is 5.95. The van der Waals surface area contributed by atoms with E-state index in [1.807, 2.05) is 6.07 Å². The van der Waals surface area contributed by atoms with E-state index in [2.05, 4.69) is 15.9 Å². The molecule has 2 fully saturated rings. The SMILES string of the molecule is COc1cc(C#N)ccc1OCCN1CCC(CN2CCCC2)C1. The van der Waals surface area contributed by atoms with Crippen LogP contribution in [-0.4, -0.2) is 62.8 Å². The van der Waals surface area contributed by atoms with Gasteiger partial charge in [0.05, 0.1) is 18.7 Å². The second-order valence-electron chi connectivity index (χ2n) is 6.79. The van der Waals surface area contributed by atoms with Crippen LogP contribution in [0.4, 0.5) is 0 Å². The summed E-state index contributed by atoms with van der Waals surface area (Å²) in [5.41, 5.74) is 0.587. The number of hydrogen-bond acceptors (Lipinski definition) is 5. The Bertz CT molecular complexity index is 578. The second-order valence-corrected chi connectivity index (χ2v) is 6.79. The summed E-state index contributed by atoms with van der Waals surface area (Å²) in [6.07, 6.45) is 4.05. The van der Waals surface area contributed by atoms with Crippen molar-refractivity contribution >= 4 is 0 Å². The molecule has 0 radical (unpaired) electrons. The van der Waals surface area contributed by atoms with Gasteiger partial charge in [-0.3, -0.25) is 4.90 Å². The number of rotatable bonds is 7. The van der Waals surface area contributed by atoms with Crippen molar-refractivity contribution in [2.24, 2.45) is 5.92 Å². The highest BCUT2D eigenvalue weighted by atomic mass is 16.5. The van der Waals surface area contributed by atoms with Crippen molar-refractivity contribution in [1.82, 2.24) is 9.80 Å². The zero-order valence-corrected chi connectivity index (χ0v) is 14.5. The van der Waals surface area contributed by atoms with Crippen LogP contribution in [-0.2, 0) is 0 Å². The van der Waals surface area contributed by atoms with Crippen LogP contribution < -0.4 is 9.47 Å². The van der Waals surface area contributed by atoms with Crippen molar-refractivity contribution < 1.29 is 9.47 Å². The van der Waals surface area contributed by atoms with Crippen LogP contribution >= 0.6 is 0 Å². The molecule has 3 rings (SSSR count). The molecule has 130 valence electrons. The summed E-state index contributed by atoms with van der Waals surface area (Å²) in [5, 5.41) is 8.94. The fourth-order valence-corrected chi connectivity index (χ4v) is 3.74. The van der Waals surface area contributed by atoms with Gasteiger partial charge >= 0.3 is 0 Å². The van der Waals surface area contributed by atoms with Gasteiger partial charge in [-0.2, -0.15) is 5.26 Å². The molecule has 5 heteroatoms. The molecule has 0 saturated carbocycles. The van der Waals surface area contributed by atoms with Gasteiger partial charge in [0.25, 0.3) is 0 Å². The van der Waals surface area contributed by atoms with E-state index in [1.165, 1.54) is 52.0 Å². The third-order valence-electron chi connectivity index (χ3n) is 5.04. The summed E-state index contributed by atoms with van der Waals surface area (Å²) in [6, 6.07) is 7.42. The first-order valence-electron chi connectivity index (χ1n) is 8.94. The number of ether oxygens (including phenoxy) is 2. The molecule has 2 aliphatic heterocycles. The molecule has 0 aromatic heterocycles. The first kappa shape index (κ1) is 17.1. The van der Waals surface area contributed by atoms with E-state index in [4.69, 9.17) is 14.7 Å². The molecular formula is C19H27N3O2. The largest absolute Gasteiger partial charge is 0.493 e. The van der Waals surface area contributed by atoms with Crippen molar-refractivity contribution in [1.29, 1.82) is 5.26 Å². The minimum Gasteiger partial charge on any atom is -0.493 e. The monoisotopic (exact) mass is 329 g/mol. The van der Waals surface area contributed by atoms with Crippen molar-refractivity contribution in [3.8, 4) is 17.6 Å². The Morgan fingerprint density at radius 1 is 1.17 bits per heavy atom. The van der Waals surface area contributed by atoms with Crippen LogP contribution in [0.3, 0.4) is 0 Å². The Labute approximate surface area is 144 Å². The van der Waals surface area contributed by atoms with E-state index < -0.39 is 0 Å². The normalized spacial score (nSPS) is 21.8. The number of nitrogens with zero attached hydrogens (tertiary/aromatic N) is 3. The third kappa shape index (κ3) is 4.40. The van der Waals surface area contributed by atoms with Gasteiger partial charge in [-0.15, -0.1) is 0 Å². The molecule has 2 heterocycles. The molecule has 0 N–H and O–H groups in total. The molecule has 0 bridgehead atoms. The highest BCUT2D eigenvalue weighted by Crippen LogP contribution is 2.28. The lowest BCUT2D eigenvalue weighted by Gasteiger charge is -2.20. The van der Waals surface area contributed by atoms with E-state index in [0.29, 0.717) is 23.7 Å². The van der Waals surface area contributed by atoms with E-state index >= 15 is 0 Å².